The number of halogens is 1. The van der Waals surface area contributed by atoms with Crippen molar-refractivity contribution in [2.45, 2.75) is 13.1 Å². The molecule has 0 radical (unpaired) electrons. The number of hydrogen-bond acceptors (Lipinski definition) is 4. The zero-order chi connectivity index (χ0) is 19.8. The van der Waals surface area contributed by atoms with Crippen LogP contribution in [0.15, 0.2) is 71.3 Å². The van der Waals surface area contributed by atoms with E-state index < -0.39 is 0 Å². The molecule has 0 saturated heterocycles. The van der Waals surface area contributed by atoms with Crippen molar-refractivity contribution < 1.29 is 18.4 Å². The lowest BCUT2D eigenvalue weighted by Gasteiger charge is -2.12. The van der Waals surface area contributed by atoms with Crippen LogP contribution in [0.1, 0.15) is 21.7 Å². The number of para-hydroxylation sites is 1. The van der Waals surface area contributed by atoms with Gasteiger partial charge in [-0.3, -0.25) is 9.59 Å². The van der Waals surface area contributed by atoms with Crippen molar-refractivity contribution in [3.05, 3.63) is 89.6 Å². The van der Waals surface area contributed by atoms with E-state index in [9.17, 15) is 14.0 Å². The molecule has 0 aliphatic rings. The lowest BCUT2D eigenvalue weighted by atomic mass is 10.1. The maximum Gasteiger partial charge on any atom is 0.253 e. The molecule has 3 N–H and O–H groups in total. The third-order valence-corrected chi connectivity index (χ3v) is 4.02. The number of nitrogens with one attached hydrogen (secondary N) is 3. The highest BCUT2D eigenvalue weighted by molar-refractivity contribution is 6.00. The van der Waals surface area contributed by atoms with Crippen molar-refractivity contribution in [3.63, 3.8) is 0 Å². The molecule has 0 aliphatic carbocycles. The molecule has 1 heterocycles. The van der Waals surface area contributed by atoms with Crippen LogP contribution >= 0.6 is 0 Å². The van der Waals surface area contributed by atoms with Gasteiger partial charge in [-0.25, -0.2) is 4.39 Å². The monoisotopic (exact) mass is 381 g/mol. The van der Waals surface area contributed by atoms with E-state index in [4.69, 9.17) is 4.42 Å². The molecule has 0 bridgehead atoms. The van der Waals surface area contributed by atoms with Gasteiger partial charge in [0.2, 0.25) is 5.91 Å². The van der Waals surface area contributed by atoms with Crippen LogP contribution in [0.25, 0.3) is 0 Å². The molecule has 0 saturated carbocycles. The SMILES string of the molecule is O=C(CNc1ccccc1C(=O)NCc1ccco1)NCc1ccc(F)cc1. The average molecular weight is 381 g/mol. The number of hydrogen-bond donors (Lipinski definition) is 3. The number of benzene rings is 2. The van der Waals surface area contributed by atoms with Crippen LogP contribution in [0.3, 0.4) is 0 Å². The van der Waals surface area contributed by atoms with Crippen LogP contribution in [-0.4, -0.2) is 18.4 Å². The van der Waals surface area contributed by atoms with Gasteiger partial charge in [0.1, 0.15) is 11.6 Å². The second kappa shape index (κ2) is 9.36. The predicted octanol–water partition coefficient (Wildman–Crippen LogP) is 3.08. The van der Waals surface area contributed by atoms with Gasteiger partial charge >= 0.3 is 0 Å². The number of carbonyl (C=O) groups is 2. The minimum Gasteiger partial charge on any atom is -0.467 e. The summed E-state index contributed by atoms with van der Waals surface area (Å²) >= 11 is 0. The maximum atomic E-state index is 12.9. The molecule has 6 nitrogen and oxygen atoms in total. The van der Waals surface area contributed by atoms with Gasteiger partial charge in [-0.2, -0.15) is 0 Å². The van der Waals surface area contributed by atoms with Crippen LogP contribution in [0, 0.1) is 5.82 Å². The number of amides is 2. The quantitative estimate of drug-likeness (QED) is 0.560. The van der Waals surface area contributed by atoms with Crippen molar-refractivity contribution in [2.24, 2.45) is 0 Å². The molecule has 0 unspecified atom stereocenters. The van der Waals surface area contributed by atoms with Gasteiger partial charge in [0, 0.05) is 12.2 Å². The first-order chi connectivity index (χ1) is 13.6. The Kier molecular flexibility index (Phi) is 6.41. The summed E-state index contributed by atoms with van der Waals surface area (Å²) in [5, 5.41) is 8.50. The Morgan fingerprint density at radius 1 is 0.893 bits per heavy atom. The fourth-order valence-corrected chi connectivity index (χ4v) is 2.55. The third kappa shape index (κ3) is 5.44. The Hall–Kier alpha value is -3.61. The lowest BCUT2D eigenvalue weighted by molar-refractivity contribution is -0.119. The summed E-state index contributed by atoms with van der Waals surface area (Å²) in [7, 11) is 0. The minimum absolute atomic E-state index is 0.00364. The van der Waals surface area contributed by atoms with E-state index in [1.54, 1.807) is 54.8 Å². The van der Waals surface area contributed by atoms with Gasteiger partial charge in [0.05, 0.1) is 24.9 Å². The van der Waals surface area contributed by atoms with Crippen molar-refractivity contribution in [1.29, 1.82) is 0 Å². The molecule has 0 atom stereocenters. The summed E-state index contributed by atoms with van der Waals surface area (Å²) in [6.45, 7) is 0.577. The van der Waals surface area contributed by atoms with Gasteiger partial charge in [-0.15, -0.1) is 0 Å². The fourth-order valence-electron chi connectivity index (χ4n) is 2.55. The number of furan rings is 1. The predicted molar refractivity (Wildman–Crippen MR) is 103 cm³/mol. The van der Waals surface area contributed by atoms with Gasteiger partial charge < -0.3 is 20.4 Å². The first-order valence-electron chi connectivity index (χ1n) is 8.76. The van der Waals surface area contributed by atoms with Gasteiger partial charge in [-0.1, -0.05) is 24.3 Å². The summed E-state index contributed by atoms with van der Waals surface area (Å²) in [6.07, 6.45) is 1.54. The van der Waals surface area contributed by atoms with E-state index in [0.717, 1.165) is 5.56 Å². The number of rotatable bonds is 8. The van der Waals surface area contributed by atoms with E-state index in [0.29, 0.717) is 23.6 Å². The molecule has 1 aromatic heterocycles. The molecular formula is C21H20FN3O3. The van der Waals surface area contributed by atoms with Gasteiger partial charge in [-0.05, 0) is 42.0 Å². The summed E-state index contributed by atoms with van der Waals surface area (Å²) in [5.74, 6) is -0.182. The van der Waals surface area contributed by atoms with E-state index in [-0.39, 0.29) is 30.7 Å². The van der Waals surface area contributed by atoms with Crippen molar-refractivity contribution in [2.75, 3.05) is 11.9 Å². The molecule has 2 aromatic carbocycles. The van der Waals surface area contributed by atoms with Crippen LogP contribution in [-0.2, 0) is 17.9 Å². The summed E-state index contributed by atoms with van der Waals surface area (Å²) < 4.78 is 18.1. The Morgan fingerprint density at radius 2 is 1.68 bits per heavy atom. The number of anilines is 1. The van der Waals surface area contributed by atoms with Crippen molar-refractivity contribution >= 4 is 17.5 Å². The standard InChI is InChI=1S/C21H20FN3O3/c22-16-9-7-15(8-10-16)12-24-20(26)14-23-19-6-2-1-5-18(19)21(27)25-13-17-4-3-11-28-17/h1-11,23H,12-14H2,(H,24,26)(H,25,27). The van der Waals surface area contributed by atoms with E-state index in [1.165, 1.54) is 12.1 Å². The molecule has 3 rings (SSSR count). The maximum absolute atomic E-state index is 12.9. The van der Waals surface area contributed by atoms with Crippen LogP contribution in [0.5, 0.6) is 0 Å². The third-order valence-electron chi connectivity index (χ3n) is 4.02. The largest absolute Gasteiger partial charge is 0.467 e. The fraction of sp³-hybridized carbons (Fsp3) is 0.143. The topological polar surface area (TPSA) is 83.4 Å². The molecule has 0 aliphatic heterocycles. The van der Waals surface area contributed by atoms with Gasteiger partial charge in [0.25, 0.3) is 5.91 Å². The second-order valence-electron chi connectivity index (χ2n) is 6.06. The Balaban J connectivity index is 1.51. The highest BCUT2D eigenvalue weighted by Gasteiger charge is 2.12. The average Bonchev–Trinajstić information content (AvgIpc) is 3.24. The Labute approximate surface area is 161 Å². The van der Waals surface area contributed by atoms with Crippen LogP contribution < -0.4 is 16.0 Å². The highest BCUT2D eigenvalue weighted by Crippen LogP contribution is 2.15. The smallest absolute Gasteiger partial charge is 0.253 e. The van der Waals surface area contributed by atoms with E-state index in [2.05, 4.69) is 16.0 Å². The van der Waals surface area contributed by atoms with Crippen molar-refractivity contribution in [1.82, 2.24) is 10.6 Å². The molecule has 144 valence electrons. The summed E-state index contributed by atoms with van der Waals surface area (Å²) in [6, 6.07) is 16.4. The van der Waals surface area contributed by atoms with Crippen molar-refractivity contribution in [3.8, 4) is 0 Å². The Bertz CT molecular complexity index is 924. The minimum atomic E-state index is -0.321. The molecule has 28 heavy (non-hydrogen) atoms. The summed E-state index contributed by atoms with van der Waals surface area (Å²) in [5.41, 5.74) is 1.78. The van der Waals surface area contributed by atoms with Crippen LogP contribution in [0.4, 0.5) is 10.1 Å². The van der Waals surface area contributed by atoms with E-state index >= 15 is 0 Å². The molecule has 0 spiro atoms. The molecule has 3 aromatic rings. The summed E-state index contributed by atoms with van der Waals surface area (Å²) in [4.78, 5) is 24.5. The second-order valence-corrected chi connectivity index (χ2v) is 6.06. The first kappa shape index (κ1) is 19.2. The lowest BCUT2D eigenvalue weighted by Crippen LogP contribution is -2.30. The number of carbonyl (C=O) groups excluding carboxylic acids is 2. The zero-order valence-electron chi connectivity index (χ0n) is 15.1. The molecule has 2 amide bonds. The molecule has 0 fully saturated rings. The van der Waals surface area contributed by atoms with E-state index in [1.807, 2.05) is 0 Å². The zero-order valence-corrected chi connectivity index (χ0v) is 15.1. The Morgan fingerprint density at radius 3 is 2.43 bits per heavy atom. The first-order valence-corrected chi connectivity index (χ1v) is 8.76. The van der Waals surface area contributed by atoms with Gasteiger partial charge in [0.15, 0.2) is 0 Å². The molecule has 7 heteroatoms. The highest BCUT2D eigenvalue weighted by atomic mass is 19.1. The molecular weight excluding hydrogens is 361 g/mol. The normalized spacial score (nSPS) is 10.3. The van der Waals surface area contributed by atoms with Crippen LogP contribution in [0.2, 0.25) is 0 Å².